The van der Waals surface area contributed by atoms with Crippen molar-refractivity contribution >= 4 is 0 Å². The molecule has 4 N–H and O–H groups in total. The molecule has 0 heterocycles. The Labute approximate surface area is 85.2 Å². The minimum absolute atomic E-state index is 0.198. The molecule has 0 aliphatic rings. The topological polar surface area (TPSA) is 80.9 Å². The van der Waals surface area contributed by atoms with Crippen molar-refractivity contribution < 1.29 is 20.4 Å². The molecule has 0 amide bonds. The molecule has 4 nitrogen and oxygen atoms in total. The first-order valence-electron chi connectivity index (χ1n) is 5.21. The Morgan fingerprint density at radius 2 is 1.43 bits per heavy atom. The molecule has 3 atom stereocenters. The van der Waals surface area contributed by atoms with Crippen LogP contribution in [0.5, 0.6) is 0 Å². The average Bonchev–Trinajstić information content (AvgIpc) is 2.10. The Morgan fingerprint density at radius 3 is 1.86 bits per heavy atom. The molecule has 14 heavy (non-hydrogen) atoms. The lowest BCUT2D eigenvalue weighted by atomic mass is 10.0. The second kappa shape index (κ2) is 8.17. The van der Waals surface area contributed by atoms with Gasteiger partial charge in [-0.1, -0.05) is 12.8 Å². The van der Waals surface area contributed by atoms with Crippen LogP contribution in [0.3, 0.4) is 0 Å². The molecular weight excluding hydrogens is 184 g/mol. The molecule has 0 rings (SSSR count). The Balaban J connectivity index is 3.27. The van der Waals surface area contributed by atoms with Crippen LogP contribution in [0.15, 0.2) is 0 Å². The standard InChI is InChI=1S/C10H22O4/c1-8(12)6-9(13)4-2-3-5-10(14)7-11/h8-14H,2-7H2,1H3. The van der Waals surface area contributed by atoms with Crippen LogP contribution in [0.2, 0.25) is 0 Å². The third kappa shape index (κ3) is 8.44. The summed E-state index contributed by atoms with van der Waals surface area (Å²) in [7, 11) is 0. The van der Waals surface area contributed by atoms with Crippen molar-refractivity contribution in [2.24, 2.45) is 0 Å². The predicted molar refractivity (Wildman–Crippen MR) is 53.9 cm³/mol. The zero-order valence-electron chi connectivity index (χ0n) is 8.76. The maximum atomic E-state index is 9.37. The number of aliphatic hydroxyl groups excluding tert-OH is 4. The van der Waals surface area contributed by atoms with Crippen molar-refractivity contribution in [1.82, 2.24) is 0 Å². The SMILES string of the molecule is CC(O)CC(O)CCCCC(O)CO. The van der Waals surface area contributed by atoms with Gasteiger partial charge in [-0.2, -0.15) is 0 Å². The van der Waals surface area contributed by atoms with Gasteiger partial charge in [-0.3, -0.25) is 0 Å². The lowest BCUT2D eigenvalue weighted by Gasteiger charge is -2.12. The van der Waals surface area contributed by atoms with Gasteiger partial charge in [0, 0.05) is 0 Å². The molecule has 0 bridgehead atoms. The first-order valence-corrected chi connectivity index (χ1v) is 5.21. The minimum atomic E-state index is -0.635. The smallest absolute Gasteiger partial charge is 0.0770 e. The van der Waals surface area contributed by atoms with Crippen molar-refractivity contribution in [3.05, 3.63) is 0 Å². The average molecular weight is 206 g/mol. The zero-order valence-corrected chi connectivity index (χ0v) is 8.76. The van der Waals surface area contributed by atoms with Gasteiger partial charge in [0.2, 0.25) is 0 Å². The highest BCUT2D eigenvalue weighted by molar-refractivity contribution is 4.61. The van der Waals surface area contributed by atoms with E-state index in [1.54, 1.807) is 6.92 Å². The second-order valence-electron chi connectivity index (χ2n) is 3.86. The van der Waals surface area contributed by atoms with Gasteiger partial charge < -0.3 is 20.4 Å². The molecule has 0 aromatic rings. The molecule has 0 radical (unpaired) electrons. The Kier molecular flexibility index (Phi) is 8.08. The molecule has 0 aromatic carbocycles. The van der Waals surface area contributed by atoms with Crippen LogP contribution >= 0.6 is 0 Å². The molecule has 0 aromatic heterocycles. The zero-order chi connectivity index (χ0) is 11.0. The summed E-state index contributed by atoms with van der Waals surface area (Å²) < 4.78 is 0. The predicted octanol–water partition coefficient (Wildman–Crippen LogP) is 0.0318. The lowest BCUT2D eigenvalue weighted by molar-refractivity contribution is 0.0745. The van der Waals surface area contributed by atoms with E-state index >= 15 is 0 Å². The quantitative estimate of drug-likeness (QED) is 0.422. The third-order valence-corrected chi connectivity index (χ3v) is 2.15. The largest absolute Gasteiger partial charge is 0.394 e. The molecule has 0 aliphatic carbocycles. The highest BCUT2D eigenvalue weighted by atomic mass is 16.3. The van der Waals surface area contributed by atoms with Gasteiger partial charge in [0.1, 0.15) is 0 Å². The van der Waals surface area contributed by atoms with E-state index in [9.17, 15) is 5.11 Å². The van der Waals surface area contributed by atoms with Gasteiger partial charge in [0.15, 0.2) is 0 Å². The van der Waals surface area contributed by atoms with Crippen LogP contribution in [0, 0.1) is 0 Å². The second-order valence-corrected chi connectivity index (χ2v) is 3.86. The maximum absolute atomic E-state index is 9.37. The summed E-state index contributed by atoms with van der Waals surface area (Å²) >= 11 is 0. The van der Waals surface area contributed by atoms with E-state index in [2.05, 4.69) is 0 Å². The van der Waals surface area contributed by atoms with Crippen molar-refractivity contribution in [1.29, 1.82) is 0 Å². The fraction of sp³-hybridized carbons (Fsp3) is 1.00. The monoisotopic (exact) mass is 206 g/mol. The van der Waals surface area contributed by atoms with Crippen LogP contribution in [0.4, 0.5) is 0 Å². The summed E-state index contributed by atoms with van der Waals surface area (Å²) in [5.74, 6) is 0. The van der Waals surface area contributed by atoms with Crippen molar-refractivity contribution in [3.63, 3.8) is 0 Å². The Hall–Kier alpha value is -0.160. The first kappa shape index (κ1) is 13.8. The van der Waals surface area contributed by atoms with Crippen molar-refractivity contribution in [3.8, 4) is 0 Å². The fourth-order valence-electron chi connectivity index (χ4n) is 1.36. The maximum Gasteiger partial charge on any atom is 0.0770 e. The fourth-order valence-corrected chi connectivity index (χ4v) is 1.36. The van der Waals surface area contributed by atoms with E-state index < -0.39 is 18.3 Å². The van der Waals surface area contributed by atoms with E-state index in [0.717, 1.165) is 12.8 Å². The molecule has 0 saturated carbocycles. The number of aliphatic hydroxyl groups is 4. The summed E-state index contributed by atoms with van der Waals surface area (Å²) in [6, 6.07) is 0. The minimum Gasteiger partial charge on any atom is -0.394 e. The van der Waals surface area contributed by atoms with Crippen LogP contribution < -0.4 is 0 Å². The number of unbranched alkanes of at least 4 members (excludes halogenated alkanes) is 1. The summed E-state index contributed by atoms with van der Waals surface area (Å²) in [5, 5.41) is 35.9. The molecule has 0 saturated heterocycles. The third-order valence-electron chi connectivity index (χ3n) is 2.15. The molecular formula is C10H22O4. The summed E-state index contributed by atoms with van der Waals surface area (Å²) in [5.41, 5.74) is 0. The van der Waals surface area contributed by atoms with E-state index in [0.29, 0.717) is 19.3 Å². The van der Waals surface area contributed by atoms with E-state index in [-0.39, 0.29) is 6.61 Å². The number of rotatable bonds is 8. The Bertz CT molecular complexity index is 127. The first-order chi connectivity index (χ1) is 6.56. The summed E-state index contributed by atoms with van der Waals surface area (Å²) in [4.78, 5) is 0. The van der Waals surface area contributed by atoms with Crippen molar-refractivity contribution in [2.75, 3.05) is 6.61 Å². The van der Waals surface area contributed by atoms with Crippen LogP contribution in [0.25, 0.3) is 0 Å². The molecule has 3 unspecified atom stereocenters. The number of hydrogen-bond donors (Lipinski definition) is 4. The highest BCUT2D eigenvalue weighted by Gasteiger charge is 2.08. The molecule has 0 aliphatic heterocycles. The molecule has 0 spiro atoms. The molecule has 86 valence electrons. The normalized spacial score (nSPS) is 17.8. The van der Waals surface area contributed by atoms with Gasteiger partial charge >= 0.3 is 0 Å². The van der Waals surface area contributed by atoms with Gasteiger partial charge in [0.05, 0.1) is 24.9 Å². The molecule has 0 fully saturated rings. The van der Waals surface area contributed by atoms with E-state index in [4.69, 9.17) is 15.3 Å². The van der Waals surface area contributed by atoms with Gasteiger partial charge in [-0.05, 0) is 26.2 Å². The van der Waals surface area contributed by atoms with Crippen LogP contribution in [-0.4, -0.2) is 45.3 Å². The van der Waals surface area contributed by atoms with E-state index in [1.165, 1.54) is 0 Å². The summed E-state index contributed by atoms with van der Waals surface area (Å²) in [6.07, 6.45) is 1.66. The lowest BCUT2D eigenvalue weighted by Crippen LogP contribution is -2.15. The van der Waals surface area contributed by atoms with Crippen LogP contribution in [0.1, 0.15) is 39.0 Å². The van der Waals surface area contributed by atoms with Gasteiger partial charge in [-0.25, -0.2) is 0 Å². The van der Waals surface area contributed by atoms with E-state index in [1.807, 2.05) is 0 Å². The van der Waals surface area contributed by atoms with Gasteiger partial charge in [-0.15, -0.1) is 0 Å². The van der Waals surface area contributed by atoms with Gasteiger partial charge in [0.25, 0.3) is 0 Å². The molecule has 4 heteroatoms. The highest BCUT2D eigenvalue weighted by Crippen LogP contribution is 2.09. The number of hydrogen-bond acceptors (Lipinski definition) is 4. The van der Waals surface area contributed by atoms with Crippen molar-refractivity contribution in [2.45, 2.75) is 57.3 Å². The van der Waals surface area contributed by atoms with Crippen LogP contribution in [-0.2, 0) is 0 Å². The Morgan fingerprint density at radius 1 is 0.929 bits per heavy atom. The summed E-state index contributed by atoms with van der Waals surface area (Å²) in [6.45, 7) is 1.45.